The van der Waals surface area contributed by atoms with E-state index in [1.54, 1.807) is 6.07 Å². The van der Waals surface area contributed by atoms with Crippen LogP contribution in [0.15, 0.2) is 36.4 Å². The van der Waals surface area contributed by atoms with Crippen LogP contribution in [0.4, 0.5) is 11.4 Å². The molecule has 0 aliphatic rings. The Kier molecular flexibility index (Phi) is 5.74. The normalized spacial score (nSPS) is 9.96. The van der Waals surface area contributed by atoms with Gasteiger partial charge in [-0.1, -0.05) is 6.07 Å². The summed E-state index contributed by atoms with van der Waals surface area (Å²) < 4.78 is 14.7. The van der Waals surface area contributed by atoms with E-state index in [0.29, 0.717) is 0 Å². The predicted molar refractivity (Wildman–Crippen MR) is 91.9 cm³/mol. The number of hydrogen-bond acceptors (Lipinski definition) is 7. The Bertz CT molecular complexity index is 864. The summed E-state index contributed by atoms with van der Waals surface area (Å²) in [4.78, 5) is 34.7. The summed E-state index contributed by atoms with van der Waals surface area (Å²) in [6, 6.07) is 8.33. The minimum absolute atomic E-state index is 0.128. The molecule has 0 unspecified atom stereocenters. The van der Waals surface area contributed by atoms with E-state index in [2.05, 4.69) is 10.1 Å². The Morgan fingerprint density at radius 2 is 1.69 bits per heavy atom. The van der Waals surface area contributed by atoms with Gasteiger partial charge < -0.3 is 19.5 Å². The lowest BCUT2D eigenvalue weighted by Gasteiger charge is -2.11. The number of amides is 1. The molecule has 0 heterocycles. The third-order valence-electron chi connectivity index (χ3n) is 3.48. The van der Waals surface area contributed by atoms with Crippen LogP contribution in [0.1, 0.15) is 20.7 Å². The molecule has 2 rings (SSSR count). The number of nitro benzene ring substituents is 1. The molecule has 0 atom stereocenters. The molecule has 1 amide bonds. The molecule has 26 heavy (non-hydrogen) atoms. The highest BCUT2D eigenvalue weighted by Crippen LogP contribution is 2.34. The van der Waals surface area contributed by atoms with Gasteiger partial charge >= 0.3 is 5.97 Å². The first-order valence-electron chi connectivity index (χ1n) is 7.31. The molecule has 0 aliphatic heterocycles. The largest absolute Gasteiger partial charge is 0.493 e. The van der Waals surface area contributed by atoms with E-state index in [1.807, 2.05) is 0 Å². The number of anilines is 1. The Balaban J connectivity index is 2.40. The van der Waals surface area contributed by atoms with Gasteiger partial charge in [0, 0.05) is 11.8 Å². The molecule has 9 heteroatoms. The number of nitrogens with zero attached hydrogens (tertiary/aromatic N) is 1. The number of carbonyl (C=O) groups is 2. The maximum Gasteiger partial charge on any atom is 0.337 e. The van der Waals surface area contributed by atoms with Crippen LogP contribution in [0.5, 0.6) is 11.5 Å². The number of methoxy groups -OCH3 is 3. The monoisotopic (exact) mass is 360 g/mol. The number of benzene rings is 2. The molecule has 0 aliphatic carbocycles. The van der Waals surface area contributed by atoms with Crippen molar-refractivity contribution >= 4 is 23.3 Å². The van der Waals surface area contributed by atoms with Crippen molar-refractivity contribution in [2.24, 2.45) is 0 Å². The molecular formula is C17H16N2O7. The third-order valence-corrected chi connectivity index (χ3v) is 3.48. The molecule has 136 valence electrons. The van der Waals surface area contributed by atoms with E-state index in [4.69, 9.17) is 9.47 Å². The summed E-state index contributed by atoms with van der Waals surface area (Å²) in [5, 5.41) is 13.8. The van der Waals surface area contributed by atoms with E-state index in [1.165, 1.54) is 45.6 Å². The molecule has 1 N–H and O–H groups in total. The Labute approximate surface area is 148 Å². The summed E-state index contributed by atoms with van der Waals surface area (Å²) in [5.41, 5.74) is -0.144. The Morgan fingerprint density at radius 3 is 2.27 bits per heavy atom. The first-order valence-corrected chi connectivity index (χ1v) is 7.31. The van der Waals surface area contributed by atoms with E-state index in [0.717, 1.165) is 6.07 Å². The van der Waals surface area contributed by atoms with Gasteiger partial charge in [-0.25, -0.2) is 4.79 Å². The molecule has 2 aromatic rings. The van der Waals surface area contributed by atoms with Crippen molar-refractivity contribution in [3.8, 4) is 11.5 Å². The minimum atomic E-state index is -0.736. The van der Waals surface area contributed by atoms with Gasteiger partial charge in [-0.2, -0.15) is 0 Å². The van der Waals surface area contributed by atoms with Crippen LogP contribution in [0.25, 0.3) is 0 Å². The lowest BCUT2D eigenvalue weighted by molar-refractivity contribution is -0.385. The van der Waals surface area contributed by atoms with Crippen LogP contribution >= 0.6 is 0 Å². The number of hydrogen-bond donors (Lipinski definition) is 1. The Hall–Kier alpha value is -3.62. The highest BCUT2D eigenvalue weighted by Gasteiger charge is 2.24. The fraction of sp³-hybridized carbons (Fsp3) is 0.176. The van der Waals surface area contributed by atoms with Crippen molar-refractivity contribution in [3.05, 3.63) is 57.6 Å². The standard InChI is InChI=1S/C17H16N2O7/c1-24-14-8-12(13(19(22)23)9-15(14)25-2)16(20)18-11-6-4-5-10(7-11)17(21)26-3/h4-9H,1-3H3,(H,18,20). The number of ether oxygens (including phenoxy) is 3. The zero-order valence-corrected chi connectivity index (χ0v) is 14.3. The lowest BCUT2D eigenvalue weighted by Crippen LogP contribution is -2.15. The van der Waals surface area contributed by atoms with Gasteiger partial charge in [-0.15, -0.1) is 0 Å². The highest BCUT2D eigenvalue weighted by molar-refractivity contribution is 6.08. The second-order valence-corrected chi connectivity index (χ2v) is 5.01. The molecule has 0 bridgehead atoms. The molecule has 0 saturated heterocycles. The van der Waals surface area contributed by atoms with E-state index in [9.17, 15) is 19.7 Å². The minimum Gasteiger partial charge on any atom is -0.493 e. The fourth-order valence-electron chi connectivity index (χ4n) is 2.24. The van der Waals surface area contributed by atoms with Gasteiger partial charge in [0.05, 0.1) is 37.9 Å². The van der Waals surface area contributed by atoms with Crippen LogP contribution in [0.2, 0.25) is 0 Å². The molecule has 0 aromatic heterocycles. The summed E-state index contributed by atoms with van der Waals surface area (Å²) in [5.74, 6) is -1.01. The average molecular weight is 360 g/mol. The van der Waals surface area contributed by atoms with Gasteiger partial charge in [-0.05, 0) is 18.2 Å². The number of carbonyl (C=O) groups excluding carboxylic acids is 2. The smallest absolute Gasteiger partial charge is 0.337 e. The SMILES string of the molecule is COC(=O)c1cccc(NC(=O)c2cc(OC)c(OC)cc2[N+](=O)[O-])c1. The lowest BCUT2D eigenvalue weighted by atomic mass is 10.1. The Morgan fingerprint density at radius 1 is 1.04 bits per heavy atom. The third kappa shape index (κ3) is 3.89. The zero-order chi connectivity index (χ0) is 19.3. The van der Waals surface area contributed by atoms with Crippen molar-refractivity contribution in [2.45, 2.75) is 0 Å². The second kappa shape index (κ2) is 7.97. The topological polar surface area (TPSA) is 117 Å². The molecular weight excluding hydrogens is 344 g/mol. The first-order chi connectivity index (χ1) is 12.4. The van der Waals surface area contributed by atoms with E-state index in [-0.39, 0.29) is 28.3 Å². The van der Waals surface area contributed by atoms with Gasteiger partial charge in [-0.3, -0.25) is 14.9 Å². The van der Waals surface area contributed by atoms with Crippen molar-refractivity contribution in [2.75, 3.05) is 26.6 Å². The molecule has 0 fully saturated rings. The van der Waals surface area contributed by atoms with Gasteiger partial charge in [0.1, 0.15) is 5.56 Å². The van der Waals surface area contributed by atoms with Crippen molar-refractivity contribution in [1.29, 1.82) is 0 Å². The van der Waals surface area contributed by atoms with Crippen molar-refractivity contribution in [1.82, 2.24) is 0 Å². The summed E-state index contributed by atoms with van der Waals surface area (Å²) in [6.45, 7) is 0. The number of nitro groups is 1. The maximum absolute atomic E-state index is 12.5. The molecule has 9 nitrogen and oxygen atoms in total. The summed E-state index contributed by atoms with van der Waals surface area (Å²) in [7, 11) is 3.92. The molecule has 2 aromatic carbocycles. The van der Waals surface area contributed by atoms with Crippen LogP contribution in [0, 0.1) is 10.1 Å². The predicted octanol–water partition coefficient (Wildman–Crippen LogP) is 2.65. The maximum atomic E-state index is 12.5. The quantitative estimate of drug-likeness (QED) is 0.478. The van der Waals surface area contributed by atoms with Gasteiger partial charge in [0.15, 0.2) is 11.5 Å². The van der Waals surface area contributed by atoms with Crippen LogP contribution in [-0.2, 0) is 4.74 Å². The van der Waals surface area contributed by atoms with E-state index < -0.39 is 22.5 Å². The molecule has 0 saturated carbocycles. The van der Waals surface area contributed by atoms with Crippen LogP contribution in [0.3, 0.4) is 0 Å². The van der Waals surface area contributed by atoms with Gasteiger partial charge in [0.2, 0.25) is 0 Å². The zero-order valence-electron chi connectivity index (χ0n) is 14.3. The first kappa shape index (κ1) is 18.7. The van der Waals surface area contributed by atoms with Crippen molar-refractivity contribution < 1.29 is 28.7 Å². The number of nitrogens with one attached hydrogen (secondary N) is 1. The summed E-state index contributed by atoms with van der Waals surface area (Å²) in [6.07, 6.45) is 0. The van der Waals surface area contributed by atoms with Gasteiger partial charge in [0.25, 0.3) is 11.6 Å². The van der Waals surface area contributed by atoms with E-state index >= 15 is 0 Å². The average Bonchev–Trinajstić information content (AvgIpc) is 2.66. The van der Waals surface area contributed by atoms with Crippen LogP contribution < -0.4 is 14.8 Å². The van der Waals surface area contributed by atoms with Crippen molar-refractivity contribution in [3.63, 3.8) is 0 Å². The van der Waals surface area contributed by atoms with Crippen LogP contribution in [-0.4, -0.2) is 38.1 Å². The fourth-order valence-corrected chi connectivity index (χ4v) is 2.24. The highest BCUT2D eigenvalue weighted by atomic mass is 16.6. The molecule has 0 spiro atoms. The number of rotatable bonds is 6. The molecule has 0 radical (unpaired) electrons. The number of esters is 1. The second-order valence-electron chi connectivity index (χ2n) is 5.01. The summed E-state index contributed by atoms with van der Waals surface area (Å²) >= 11 is 0.